The van der Waals surface area contributed by atoms with Gasteiger partial charge in [0.1, 0.15) is 0 Å². The van der Waals surface area contributed by atoms with Gasteiger partial charge >= 0.3 is 5.97 Å². The minimum absolute atomic E-state index is 0.243. The highest BCUT2D eigenvalue weighted by Gasteiger charge is 2.12. The molecule has 1 aromatic carbocycles. The summed E-state index contributed by atoms with van der Waals surface area (Å²) in [6.07, 6.45) is 4.67. The van der Waals surface area contributed by atoms with Gasteiger partial charge in [0.2, 0.25) is 0 Å². The van der Waals surface area contributed by atoms with Crippen LogP contribution in [-0.2, 0) is 4.74 Å². The standard InChI is InChI=1S/C16H24N2O2/c1-2-11-20-16(19)13-6-8-14(9-7-13)18-12-15-5-3-4-10-17-15/h6-9,15,17-18H,2-5,10-12H2,1H3. The number of esters is 1. The molecule has 0 aliphatic carbocycles. The van der Waals surface area contributed by atoms with Crippen molar-refractivity contribution in [2.75, 3.05) is 25.0 Å². The molecule has 2 rings (SSSR count). The highest BCUT2D eigenvalue weighted by molar-refractivity contribution is 5.89. The normalized spacial score (nSPS) is 18.6. The quantitative estimate of drug-likeness (QED) is 0.784. The molecule has 1 unspecified atom stereocenters. The van der Waals surface area contributed by atoms with E-state index in [1.807, 2.05) is 31.2 Å². The van der Waals surface area contributed by atoms with Crippen LogP contribution in [0.3, 0.4) is 0 Å². The van der Waals surface area contributed by atoms with Gasteiger partial charge in [-0.25, -0.2) is 4.79 Å². The van der Waals surface area contributed by atoms with Crippen LogP contribution in [-0.4, -0.2) is 31.7 Å². The largest absolute Gasteiger partial charge is 0.462 e. The first-order valence-corrected chi connectivity index (χ1v) is 7.54. The number of carbonyl (C=O) groups excluding carboxylic acids is 1. The maximum absolute atomic E-state index is 11.7. The van der Waals surface area contributed by atoms with E-state index in [4.69, 9.17) is 4.74 Å². The number of anilines is 1. The molecule has 0 bridgehead atoms. The van der Waals surface area contributed by atoms with Crippen molar-refractivity contribution in [2.45, 2.75) is 38.6 Å². The lowest BCUT2D eigenvalue weighted by molar-refractivity contribution is 0.0505. The third-order valence-electron chi connectivity index (χ3n) is 3.52. The van der Waals surface area contributed by atoms with E-state index in [0.717, 1.165) is 25.2 Å². The van der Waals surface area contributed by atoms with E-state index < -0.39 is 0 Å². The SMILES string of the molecule is CCCOC(=O)c1ccc(NCC2CCCCN2)cc1. The number of hydrogen-bond donors (Lipinski definition) is 2. The Labute approximate surface area is 120 Å². The number of ether oxygens (including phenoxy) is 1. The number of rotatable bonds is 6. The molecule has 1 fully saturated rings. The van der Waals surface area contributed by atoms with Crippen molar-refractivity contribution in [1.29, 1.82) is 0 Å². The Balaban J connectivity index is 1.80. The van der Waals surface area contributed by atoms with Crippen LogP contribution in [0.15, 0.2) is 24.3 Å². The van der Waals surface area contributed by atoms with Gasteiger partial charge < -0.3 is 15.4 Å². The lowest BCUT2D eigenvalue weighted by atomic mass is 10.1. The molecule has 110 valence electrons. The lowest BCUT2D eigenvalue weighted by Gasteiger charge is -2.24. The van der Waals surface area contributed by atoms with E-state index in [9.17, 15) is 4.79 Å². The second-order valence-corrected chi connectivity index (χ2v) is 5.24. The number of carbonyl (C=O) groups is 1. The average Bonchev–Trinajstić information content (AvgIpc) is 2.52. The minimum atomic E-state index is -0.243. The van der Waals surface area contributed by atoms with Gasteiger partial charge in [0.15, 0.2) is 0 Å². The molecular formula is C16H24N2O2. The zero-order valence-corrected chi connectivity index (χ0v) is 12.2. The maximum Gasteiger partial charge on any atom is 0.338 e. The van der Waals surface area contributed by atoms with Crippen molar-refractivity contribution in [3.8, 4) is 0 Å². The summed E-state index contributed by atoms with van der Waals surface area (Å²) in [5.41, 5.74) is 1.66. The van der Waals surface area contributed by atoms with Crippen LogP contribution < -0.4 is 10.6 Å². The number of piperidine rings is 1. The van der Waals surface area contributed by atoms with Crippen LogP contribution in [0.2, 0.25) is 0 Å². The summed E-state index contributed by atoms with van der Waals surface area (Å²) >= 11 is 0. The summed E-state index contributed by atoms with van der Waals surface area (Å²) in [5, 5.41) is 6.91. The van der Waals surface area contributed by atoms with Crippen molar-refractivity contribution in [3.05, 3.63) is 29.8 Å². The highest BCUT2D eigenvalue weighted by Crippen LogP contribution is 2.12. The van der Waals surface area contributed by atoms with Crippen LogP contribution in [0.25, 0.3) is 0 Å². The zero-order valence-electron chi connectivity index (χ0n) is 12.2. The Morgan fingerprint density at radius 1 is 1.35 bits per heavy atom. The molecule has 4 heteroatoms. The lowest BCUT2D eigenvalue weighted by Crippen LogP contribution is -2.39. The van der Waals surface area contributed by atoms with Gasteiger partial charge in [-0.15, -0.1) is 0 Å². The Kier molecular flexibility index (Phi) is 5.87. The van der Waals surface area contributed by atoms with Crippen LogP contribution in [0.1, 0.15) is 43.0 Å². The van der Waals surface area contributed by atoms with Crippen LogP contribution >= 0.6 is 0 Å². The fourth-order valence-electron chi connectivity index (χ4n) is 2.34. The topological polar surface area (TPSA) is 50.4 Å². The van der Waals surface area contributed by atoms with E-state index in [1.165, 1.54) is 19.3 Å². The van der Waals surface area contributed by atoms with Crippen molar-refractivity contribution >= 4 is 11.7 Å². The Morgan fingerprint density at radius 3 is 2.80 bits per heavy atom. The fraction of sp³-hybridized carbons (Fsp3) is 0.562. The first-order chi connectivity index (χ1) is 9.79. The van der Waals surface area contributed by atoms with Crippen molar-refractivity contribution in [1.82, 2.24) is 5.32 Å². The van der Waals surface area contributed by atoms with E-state index in [-0.39, 0.29) is 5.97 Å². The molecule has 1 saturated heterocycles. The van der Waals surface area contributed by atoms with Gasteiger partial charge in [-0.05, 0) is 50.1 Å². The molecule has 1 aliphatic heterocycles. The molecule has 1 aliphatic rings. The summed E-state index contributed by atoms with van der Waals surface area (Å²) in [4.78, 5) is 11.7. The maximum atomic E-state index is 11.7. The Morgan fingerprint density at radius 2 is 2.15 bits per heavy atom. The predicted octanol–water partition coefficient (Wildman–Crippen LogP) is 2.81. The molecular weight excluding hydrogens is 252 g/mol. The van der Waals surface area contributed by atoms with Gasteiger partial charge in [0.05, 0.1) is 12.2 Å². The molecule has 0 amide bonds. The van der Waals surface area contributed by atoms with Gasteiger partial charge in [-0.3, -0.25) is 0 Å². The first kappa shape index (κ1) is 14.9. The molecule has 0 spiro atoms. The smallest absolute Gasteiger partial charge is 0.338 e. The summed E-state index contributed by atoms with van der Waals surface area (Å²) in [5.74, 6) is -0.243. The molecule has 2 N–H and O–H groups in total. The molecule has 0 aromatic heterocycles. The summed E-state index contributed by atoms with van der Waals surface area (Å²) in [7, 11) is 0. The van der Waals surface area contributed by atoms with Gasteiger partial charge in [-0.1, -0.05) is 13.3 Å². The van der Waals surface area contributed by atoms with Crippen LogP contribution in [0.5, 0.6) is 0 Å². The van der Waals surface area contributed by atoms with Gasteiger partial charge in [0.25, 0.3) is 0 Å². The van der Waals surface area contributed by atoms with E-state index >= 15 is 0 Å². The van der Waals surface area contributed by atoms with E-state index in [1.54, 1.807) is 0 Å². The summed E-state index contributed by atoms with van der Waals surface area (Å²) in [6.45, 7) is 4.51. The third kappa shape index (κ3) is 4.53. The van der Waals surface area contributed by atoms with Crippen LogP contribution in [0.4, 0.5) is 5.69 Å². The number of hydrogen-bond acceptors (Lipinski definition) is 4. The molecule has 1 atom stereocenters. The minimum Gasteiger partial charge on any atom is -0.462 e. The monoisotopic (exact) mass is 276 g/mol. The molecule has 1 aromatic rings. The van der Waals surface area contributed by atoms with Gasteiger partial charge in [-0.2, -0.15) is 0 Å². The van der Waals surface area contributed by atoms with Crippen molar-refractivity contribution in [3.63, 3.8) is 0 Å². The molecule has 0 radical (unpaired) electrons. The van der Waals surface area contributed by atoms with Crippen molar-refractivity contribution in [2.24, 2.45) is 0 Å². The zero-order chi connectivity index (χ0) is 14.2. The fourth-order valence-corrected chi connectivity index (χ4v) is 2.34. The molecule has 20 heavy (non-hydrogen) atoms. The second-order valence-electron chi connectivity index (χ2n) is 5.24. The van der Waals surface area contributed by atoms with Gasteiger partial charge in [0, 0.05) is 18.3 Å². The van der Waals surface area contributed by atoms with Crippen LogP contribution in [0, 0.1) is 0 Å². The second kappa shape index (κ2) is 7.90. The molecule has 1 heterocycles. The van der Waals surface area contributed by atoms with E-state index in [2.05, 4.69) is 10.6 Å². The average molecular weight is 276 g/mol. The summed E-state index contributed by atoms with van der Waals surface area (Å²) in [6, 6.07) is 8.05. The molecule has 0 saturated carbocycles. The Hall–Kier alpha value is -1.55. The van der Waals surface area contributed by atoms with Crippen molar-refractivity contribution < 1.29 is 9.53 Å². The highest BCUT2D eigenvalue weighted by atomic mass is 16.5. The number of benzene rings is 1. The number of nitrogens with one attached hydrogen (secondary N) is 2. The van der Waals surface area contributed by atoms with E-state index in [0.29, 0.717) is 18.2 Å². The Bertz CT molecular complexity index is 411. The molecule has 4 nitrogen and oxygen atoms in total. The first-order valence-electron chi connectivity index (χ1n) is 7.54. The summed E-state index contributed by atoms with van der Waals surface area (Å²) < 4.78 is 5.10. The predicted molar refractivity (Wildman–Crippen MR) is 81.1 cm³/mol. The third-order valence-corrected chi connectivity index (χ3v) is 3.52.